The molecule has 6 heteroatoms. The van der Waals surface area contributed by atoms with E-state index < -0.39 is 10.0 Å². The molecule has 2 aromatic carbocycles. The molecule has 27 heavy (non-hydrogen) atoms. The molecule has 0 saturated carbocycles. The zero-order chi connectivity index (χ0) is 19.7. The fourth-order valence-corrected chi connectivity index (χ4v) is 3.80. The van der Waals surface area contributed by atoms with Gasteiger partial charge in [-0.05, 0) is 43.9 Å². The second-order valence-corrected chi connectivity index (χ2v) is 8.62. The van der Waals surface area contributed by atoms with E-state index in [1.54, 1.807) is 12.1 Å². The Balaban J connectivity index is 1.74. The number of amides is 1. The molecule has 0 aliphatic heterocycles. The Kier molecular flexibility index (Phi) is 7.85. The molecule has 0 fully saturated rings. The molecule has 0 saturated heterocycles. The van der Waals surface area contributed by atoms with Crippen molar-refractivity contribution in [3.63, 3.8) is 0 Å². The molecule has 0 radical (unpaired) electrons. The van der Waals surface area contributed by atoms with E-state index in [1.807, 2.05) is 37.3 Å². The summed E-state index contributed by atoms with van der Waals surface area (Å²) in [6.45, 7) is 2.87. The van der Waals surface area contributed by atoms with Crippen LogP contribution >= 0.6 is 0 Å². The summed E-state index contributed by atoms with van der Waals surface area (Å²) in [5, 5.41) is 2.91. The molecular formula is C21H28N2O3S. The van der Waals surface area contributed by atoms with Gasteiger partial charge in [0, 0.05) is 19.5 Å². The van der Waals surface area contributed by atoms with Crippen LogP contribution in [0.5, 0.6) is 0 Å². The average Bonchev–Trinajstić information content (AvgIpc) is 2.63. The van der Waals surface area contributed by atoms with Crippen LogP contribution in [0.4, 0.5) is 5.69 Å². The quantitative estimate of drug-likeness (QED) is 0.635. The average molecular weight is 389 g/mol. The Morgan fingerprint density at radius 2 is 1.67 bits per heavy atom. The standard InChI is InChI=1S/C21H28N2O3S/c1-18-12-14-20(15-13-18)23(27(2,25)26)17-7-11-21(24)22-16-6-10-19-8-4-3-5-9-19/h3-5,8-9,12-15H,6-7,10-11,16-17H2,1-2H3,(H,22,24). The Bertz CT molecular complexity index is 818. The molecule has 0 bridgehead atoms. The highest BCUT2D eigenvalue weighted by Gasteiger charge is 2.17. The number of benzene rings is 2. The van der Waals surface area contributed by atoms with Crippen LogP contribution in [0, 0.1) is 6.92 Å². The molecule has 0 aliphatic carbocycles. The van der Waals surface area contributed by atoms with Gasteiger partial charge < -0.3 is 5.32 Å². The summed E-state index contributed by atoms with van der Waals surface area (Å²) >= 11 is 0. The van der Waals surface area contributed by atoms with Crippen LogP contribution in [0.25, 0.3) is 0 Å². The number of nitrogens with zero attached hydrogens (tertiary/aromatic N) is 1. The third-order valence-electron chi connectivity index (χ3n) is 4.29. The van der Waals surface area contributed by atoms with Gasteiger partial charge in [-0.1, -0.05) is 48.0 Å². The van der Waals surface area contributed by atoms with Crippen molar-refractivity contribution in [2.75, 3.05) is 23.7 Å². The minimum Gasteiger partial charge on any atom is -0.356 e. The van der Waals surface area contributed by atoms with E-state index in [9.17, 15) is 13.2 Å². The van der Waals surface area contributed by atoms with E-state index in [-0.39, 0.29) is 5.91 Å². The predicted octanol–water partition coefficient (Wildman–Crippen LogP) is 3.29. The summed E-state index contributed by atoms with van der Waals surface area (Å²) in [7, 11) is -3.38. The van der Waals surface area contributed by atoms with E-state index in [0.717, 1.165) is 18.4 Å². The molecule has 0 aliphatic rings. The van der Waals surface area contributed by atoms with Crippen LogP contribution in [0.15, 0.2) is 54.6 Å². The molecule has 2 aromatic rings. The number of hydrogen-bond donors (Lipinski definition) is 1. The van der Waals surface area contributed by atoms with E-state index in [4.69, 9.17) is 0 Å². The van der Waals surface area contributed by atoms with Crippen molar-refractivity contribution in [2.24, 2.45) is 0 Å². The second-order valence-electron chi connectivity index (χ2n) is 6.71. The van der Waals surface area contributed by atoms with E-state index >= 15 is 0 Å². The number of rotatable bonds is 10. The van der Waals surface area contributed by atoms with Gasteiger partial charge in [-0.3, -0.25) is 9.10 Å². The summed E-state index contributed by atoms with van der Waals surface area (Å²) in [6, 6.07) is 17.5. The van der Waals surface area contributed by atoms with Crippen LogP contribution in [0.1, 0.15) is 30.4 Å². The maximum atomic E-state index is 12.1. The molecular weight excluding hydrogens is 360 g/mol. The lowest BCUT2D eigenvalue weighted by Crippen LogP contribution is -2.32. The van der Waals surface area contributed by atoms with Crippen LogP contribution < -0.4 is 9.62 Å². The van der Waals surface area contributed by atoms with Crippen molar-refractivity contribution >= 4 is 21.6 Å². The topological polar surface area (TPSA) is 66.5 Å². The van der Waals surface area contributed by atoms with Crippen molar-refractivity contribution in [1.82, 2.24) is 5.32 Å². The molecule has 0 aromatic heterocycles. The van der Waals surface area contributed by atoms with Crippen molar-refractivity contribution in [1.29, 1.82) is 0 Å². The number of sulfonamides is 1. The minimum atomic E-state index is -3.38. The molecule has 5 nitrogen and oxygen atoms in total. The number of carbonyl (C=O) groups excluding carboxylic acids is 1. The monoisotopic (exact) mass is 388 g/mol. The van der Waals surface area contributed by atoms with Crippen molar-refractivity contribution in [2.45, 2.75) is 32.6 Å². The Hall–Kier alpha value is -2.34. The van der Waals surface area contributed by atoms with Crippen LogP contribution in [-0.2, 0) is 21.2 Å². The third kappa shape index (κ3) is 7.43. The Morgan fingerprint density at radius 3 is 2.30 bits per heavy atom. The molecule has 1 N–H and O–H groups in total. The lowest BCUT2D eigenvalue weighted by atomic mass is 10.1. The fraction of sp³-hybridized carbons (Fsp3) is 0.381. The largest absolute Gasteiger partial charge is 0.356 e. The first-order valence-electron chi connectivity index (χ1n) is 9.21. The van der Waals surface area contributed by atoms with Gasteiger partial charge in [-0.25, -0.2) is 8.42 Å². The number of nitrogens with one attached hydrogen (secondary N) is 1. The smallest absolute Gasteiger partial charge is 0.232 e. The van der Waals surface area contributed by atoms with Gasteiger partial charge in [0.25, 0.3) is 0 Å². The Labute approximate surface area is 162 Å². The zero-order valence-corrected chi connectivity index (χ0v) is 16.8. The number of hydrogen-bond acceptors (Lipinski definition) is 3. The molecule has 0 atom stereocenters. The number of aryl methyl sites for hydroxylation is 2. The zero-order valence-electron chi connectivity index (χ0n) is 16.0. The van der Waals surface area contributed by atoms with Crippen molar-refractivity contribution in [3.05, 3.63) is 65.7 Å². The van der Waals surface area contributed by atoms with Gasteiger partial charge in [0.1, 0.15) is 0 Å². The van der Waals surface area contributed by atoms with Crippen molar-refractivity contribution < 1.29 is 13.2 Å². The summed E-state index contributed by atoms with van der Waals surface area (Å²) < 4.78 is 25.5. The van der Waals surface area contributed by atoms with Crippen LogP contribution in [-0.4, -0.2) is 33.7 Å². The lowest BCUT2D eigenvalue weighted by molar-refractivity contribution is -0.121. The number of carbonyl (C=O) groups is 1. The van der Waals surface area contributed by atoms with E-state index in [0.29, 0.717) is 31.6 Å². The third-order valence-corrected chi connectivity index (χ3v) is 5.49. The second kappa shape index (κ2) is 10.1. The molecule has 146 valence electrons. The summed E-state index contributed by atoms with van der Waals surface area (Å²) in [4.78, 5) is 12.0. The molecule has 2 rings (SSSR count). The normalized spacial score (nSPS) is 11.2. The number of anilines is 1. The molecule has 1 amide bonds. The van der Waals surface area contributed by atoms with Crippen LogP contribution in [0.3, 0.4) is 0 Å². The minimum absolute atomic E-state index is 0.0413. The first-order chi connectivity index (χ1) is 12.9. The summed E-state index contributed by atoms with van der Waals surface area (Å²) in [5.41, 5.74) is 2.96. The highest BCUT2D eigenvalue weighted by molar-refractivity contribution is 7.92. The summed E-state index contributed by atoms with van der Waals surface area (Å²) in [5.74, 6) is -0.0413. The van der Waals surface area contributed by atoms with E-state index in [1.165, 1.54) is 16.1 Å². The Morgan fingerprint density at radius 1 is 1.00 bits per heavy atom. The fourth-order valence-electron chi connectivity index (χ4n) is 2.83. The molecule has 0 unspecified atom stereocenters. The van der Waals surface area contributed by atoms with Gasteiger partial charge >= 0.3 is 0 Å². The molecule has 0 spiro atoms. The van der Waals surface area contributed by atoms with E-state index in [2.05, 4.69) is 17.4 Å². The highest BCUT2D eigenvalue weighted by atomic mass is 32.2. The predicted molar refractivity (Wildman–Crippen MR) is 110 cm³/mol. The van der Waals surface area contributed by atoms with Gasteiger partial charge in [0.15, 0.2) is 0 Å². The molecule has 0 heterocycles. The maximum absolute atomic E-state index is 12.1. The SMILES string of the molecule is Cc1ccc(N(CCCC(=O)NCCCc2ccccc2)S(C)(=O)=O)cc1. The first-order valence-corrected chi connectivity index (χ1v) is 11.1. The maximum Gasteiger partial charge on any atom is 0.232 e. The van der Waals surface area contributed by atoms with Gasteiger partial charge in [0.2, 0.25) is 15.9 Å². The summed E-state index contributed by atoms with van der Waals surface area (Å²) in [6.07, 6.45) is 3.79. The van der Waals surface area contributed by atoms with Gasteiger partial charge in [-0.15, -0.1) is 0 Å². The van der Waals surface area contributed by atoms with Crippen LogP contribution in [0.2, 0.25) is 0 Å². The van der Waals surface area contributed by atoms with Gasteiger partial charge in [-0.2, -0.15) is 0 Å². The first kappa shape index (κ1) is 21.0. The highest BCUT2D eigenvalue weighted by Crippen LogP contribution is 2.18. The van der Waals surface area contributed by atoms with Gasteiger partial charge in [0.05, 0.1) is 11.9 Å². The lowest BCUT2D eigenvalue weighted by Gasteiger charge is -2.22. The van der Waals surface area contributed by atoms with Crippen molar-refractivity contribution in [3.8, 4) is 0 Å².